The maximum Gasteiger partial charge on any atom is 0.269 e. The quantitative estimate of drug-likeness (QED) is 0.522. The summed E-state index contributed by atoms with van der Waals surface area (Å²) >= 11 is 5.76. The molecule has 0 atom stereocenters. The minimum atomic E-state index is -0.417. The molecule has 5 nitrogen and oxygen atoms in total. The number of nitrogens with one attached hydrogen (secondary N) is 1. The van der Waals surface area contributed by atoms with E-state index >= 15 is 0 Å². The number of anilines is 1. The van der Waals surface area contributed by atoms with Gasteiger partial charge in [-0.25, -0.2) is 4.98 Å². The normalized spacial score (nSPS) is 10.1. The van der Waals surface area contributed by atoms with Crippen molar-refractivity contribution in [3.05, 3.63) is 63.4 Å². The van der Waals surface area contributed by atoms with Crippen LogP contribution in [0.4, 0.5) is 11.4 Å². The molecule has 18 heavy (non-hydrogen) atoms. The Morgan fingerprint density at radius 3 is 2.61 bits per heavy atom. The first-order valence-electron chi connectivity index (χ1n) is 5.24. The molecule has 0 aliphatic heterocycles. The molecule has 6 heteroatoms. The molecule has 92 valence electrons. The Hall–Kier alpha value is -2.14. The van der Waals surface area contributed by atoms with Crippen molar-refractivity contribution >= 4 is 23.0 Å². The van der Waals surface area contributed by atoms with E-state index in [1.54, 1.807) is 30.5 Å². The summed E-state index contributed by atoms with van der Waals surface area (Å²) in [6.45, 7) is 0.568. The first-order chi connectivity index (χ1) is 8.65. The minimum absolute atomic E-state index is 0.0886. The SMILES string of the molecule is O=[N+]([O-])c1ccc(CNc2ccnc(Cl)c2)cc1. The Balaban J connectivity index is 2.00. The summed E-state index contributed by atoms with van der Waals surface area (Å²) < 4.78 is 0. The van der Waals surface area contributed by atoms with Crippen molar-refractivity contribution in [2.75, 3.05) is 5.32 Å². The second-order valence-corrected chi connectivity index (χ2v) is 4.03. The molecule has 2 aromatic rings. The smallest absolute Gasteiger partial charge is 0.269 e. The zero-order valence-corrected chi connectivity index (χ0v) is 10.1. The standard InChI is InChI=1S/C12H10ClN3O2/c13-12-7-10(5-6-14-12)15-8-9-1-3-11(4-2-9)16(17)18/h1-7H,8H2,(H,14,15). The third-order valence-corrected chi connectivity index (χ3v) is 2.58. The van der Waals surface area contributed by atoms with Gasteiger partial charge >= 0.3 is 0 Å². The second kappa shape index (κ2) is 5.46. The molecule has 0 unspecified atom stereocenters. The largest absolute Gasteiger partial charge is 0.381 e. The molecule has 0 fully saturated rings. The number of nitro groups is 1. The predicted molar refractivity (Wildman–Crippen MR) is 69.7 cm³/mol. The summed E-state index contributed by atoms with van der Waals surface area (Å²) in [7, 11) is 0. The van der Waals surface area contributed by atoms with Gasteiger partial charge in [0.2, 0.25) is 0 Å². The highest BCUT2D eigenvalue weighted by molar-refractivity contribution is 6.29. The summed E-state index contributed by atoms with van der Waals surface area (Å²) in [4.78, 5) is 14.0. The average molecular weight is 264 g/mol. The zero-order chi connectivity index (χ0) is 13.0. The molecule has 0 saturated heterocycles. The predicted octanol–water partition coefficient (Wildman–Crippen LogP) is 3.26. The van der Waals surface area contributed by atoms with Crippen LogP contribution in [0.3, 0.4) is 0 Å². The third-order valence-electron chi connectivity index (χ3n) is 2.37. The summed E-state index contributed by atoms with van der Waals surface area (Å²) in [5.74, 6) is 0. The van der Waals surface area contributed by atoms with Crippen molar-refractivity contribution in [1.29, 1.82) is 0 Å². The number of rotatable bonds is 4. The monoisotopic (exact) mass is 263 g/mol. The van der Waals surface area contributed by atoms with Gasteiger partial charge in [-0.05, 0) is 17.7 Å². The highest BCUT2D eigenvalue weighted by Gasteiger charge is 2.03. The van der Waals surface area contributed by atoms with E-state index in [1.807, 2.05) is 0 Å². The number of non-ortho nitro benzene ring substituents is 1. The molecule has 0 aliphatic rings. The number of nitrogens with zero attached hydrogens (tertiary/aromatic N) is 2. The van der Waals surface area contributed by atoms with Gasteiger partial charge in [-0.15, -0.1) is 0 Å². The van der Waals surface area contributed by atoms with Crippen molar-refractivity contribution in [2.45, 2.75) is 6.54 Å². The van der Waals surface area contributed by atoms with Gasteiger partial charge in [0.15, 0.2) is 0 Å². The molecule has 0 aliphatic carbocycles. The fraction of sp³-hybridized carbons (Fsp3) is 0.0833. The number of benzene rings is 1. The van der Waals surface area contributed by atoms with Crippen LogP contribution in [0.15, 0.2) is 42.6 Å². The summed E-state index contributed by atoms with van der Waals surface area (Å²) in [5, 5.41) is 14.1. The van der Waals surface area contributed by atoms with E-state index in [0.717, 1.165) is 11.3 Å². The number of aromatic nitrogens is 1. The van der Waals surface area contributed by atoms with Gasteiger partial charge < -0.3 is 5.32 Å². The van der Waals surface area contributed by atoms with Gasteiger partial charge in [0.25, 0.3) is 5.69 Å². The highest BCUT2D eigenvalue weighted by Crippen LogP contribution is 2.15. The van der Waals surface area contributed by atoms with Crippen LogP contribution in [0.2, 0.25) is 5.15 Å². The Labute approximate surface area is 109 Å². The van der Waals surface area contributed by atoms with E-state index in [0.29, 0.717) is 11.7 Å². The van der Waals surface area contributed by atoms with Crippen LogP contribution in [0.1, 0.15) is 5.56 Å². The average Bonchev–Trinajstić information content (AvgIpc) is 2.37. The molecule has 0 spiro atoms. The Bertz CT molecular complexity index is 558. The number of hydrogen-bond donors (Lipinski definition) is 1. The molecular formula is C12H10ClN3O2. The minimum Gasteiger partial charge on any atom is -0.381 e. The molecule has 1 aromatic carbocycles. The number of halogens is 1. The molecular weight excluding hydrogens is 254 g/mol. The van der Waals surface area contributed by atoms with Crippen LogP contribution in [0.25, 0.3) is 0 Å². The molecule has 0 radical (unpaired) electrons. The van der Waals surface area contributed by atoms with Crippen LogP contribution in [0.5, 0.6) is 0 Å². The lowest BCUT2D eigenvalue weighted by atomic mass is 10.2. The zero-order valence-electron chi connectivity index (χ0n) is 9.34. The lowest BCUT2D eigenvalue weighted by molar-refractivity contribution is -0.384. The van der Waals surface area contributed by atoms with Crippen molar-refractivity contribution in [1.82, 2.24) is 4.98 Å². The summed E-state index contributed by atoms with van der Waals surface area (Å²) in [5.41, 5.74) is 1.90. The Morgan fingerprint density at radius 1 is 1.28 bits per heavy atom. The maximum atomic E-state index is 10.5. The molecule has 1 aromatic heterocycles. The topological polar surface area (TPSA) is 68.1 Å². The fourth-order valence-corrected chi connectivity index (χ4v) is 1.63. The van der Waals surface area contributed by atoms with Gasteiger partial charge in [0.05, 0.1) is 4.92 Å². The summed E-state index contributed by atoms with van der Waals surface area (Å²) in [6.07, 6.45) is 1.61. The van der Waals surface area contributed by atoms with Gasteiger partial charge in [-0.1, -0.05) is 23.7 Å². The van der Waals surface area contributed by atoms with Crippen LogP contribution in [-0.4, -0.2) is 9.91 Å². The molecule has 0 bridgehead atoms. The molecule has 1 heterocycles. The van der Waals surface area contributed by atoms with Crippen molar-refractivity contribution in [2.24, 2.45) is 0 Å². The fourth-order valence-electron chi connectivity index (χ4n) is 1.45. The first kappa shape index (κ1) is 12.3. The molecule has 1 N–H and O–H groups in total. The van der Waals surface area contributed by atoms with E-state index < -0.39 is 4.92 Å². The molecule has 2 rings (SSSR count). The maximum absolute atomic E-state index is 10.5. The molecule has 0 saturated carbocycles. The first-order valence-corrected chi connectivity index (χ1v) is 5.62. The number of nitro benzene ring substituents is 1. The summed E-state index contributed by atoms with van der Waals surface area (Å²) in [6, 6.07) is 9.92. The van der Waals surface area contributed by atoms with Crippen LogP contribution < -0.4 is 5.32 Å². The van der Waals surface area contributed by atoms with E-state index in [4.69, 9.17) is 11.6 Å². The third kappa shape index (κ3) is 3.18. The number of hydrogen-bond acceptors (Lipinski definition) is 4. The van der Waals surface area contributed by atoms with E-state index in [2.05, 4.69) is 10.3 Å². The van der Waals surface area contributed by atoms with Crippen LogP contribution in [0, 0.1) is 10.1 Å². The van der Waals surface area contributed by atoms with Gasteiger partial charge in [-0.2, -0.15) is 0 Å². The van der Waals surface area contributed by atoms with Gasteiger partial charge in [-0.3, -0.25) is 10.1 Å². The van der Waals surface area contributed by atoms with E-state index in [-0.39, 0.29) is 5.69 Å². The van der Waals surface area contributed by atoms with Crippen molar-refractivity contribution in [3.63, 3.8) is 0 Å². The van der Waals surface area contributed by atoms with E-state index in [1.165, 1.54) is 12.1 Å². The van der Waals surface area contributed by atoms with Crippen molar-refractivity contribution < 1.29 is 4.92 Å². The second-order valence-electron chi connectivity index (χ2n) is 3.64. The lowest BCUT2D eigenvalue weighted by Crippen LogP contribution is -1.99. The van der Waals surface area contributed by atoms with E-state index in [9.17, 15) is 10.1 Å². The van der Waals surface area contributed by atoms with Crippen LogP contribution >= 0.6 is 11.6 Å². The lowest BCUT2D eigenvalue weighted by Gasteiger charge is -2.06. The van der Waals surface area contributed by atoms with Gasteiger partial charge in [0, 0.05) is 30.6 Å². The highest BCUT2D eigenvalue weighted by atomic mass is 35.5. The Kier molecular flexibility index (Phi) is 3.74. The molecule has 0 amide bonds. The van der Waals surface area contributed by atoms with Crippen molar-refractivity contribution in [3.8, 4) is 0 Å². The van der Waals surface area contributed by atoms with Gasteiger partial charge in [0.1, 0.15) is 5.15 Å². The van der Waals surface area contributed by atoms with Crippen LogP contribution in [-0.2, 0) is 6.54 Å². The Morgan fingerprint density at radius 2 is 2.00 bits per heavy atom. The number of pyridine rings is 1.